The highest BCUT2D eigenvalue weighted by molar-refractivity contribution is 6.05. The molecule has 4 heterocycles. The summed E-state index contributed by atoms with van der Waals surface area (Å²) in [5.41, 5.74) is 12.3. The Labute approximate surface area is 366 Å². The molecule has 1 saturated carbocycles. The van der Waals surface area contributed by atoms with Gasteiger partial charge >= 0.3 is 12.2 Å². The largest absolute Gasteiger partial charge is 0.453 e. The highest BCUT2D eigenvalue weighted by Crippen LogP contribution is 2.60. The minimum Gasteiger partial charge on any atom is -0.453 e. The van der Waals surface area contributed by atoms with Crippen molar-refractivity contribution >= 4 is 46.6 Å². The first kappa shape index (κ1) is 43.4. The molecular formula is C50H64N6O6. The number of ether oxygens (including phenoxy) is 2. The lowest BCUT2D eigenvalue weighted by atomic mass is 9.77. The van der Waals surface area contributed by atoms with E-state index in [-0.39, 0.29) is 35.7 Å². The van der Waals surface area contributed by atoms with E-state index in [4.69, 9.17) is 19.5 Å². The second kappa shape index (κ2) is 17.5. The predicted molar refractivity (Wildman–Crippen MR) is 243 cm³/mol. The maximum Gasteiger partial charge on any atom is 0.407 e. The normalized spacial score (nSPS) is 27.2. The van der Waals surface area contributed by atoms with Gasteiger partial charge in [0.05, 0.1) is 26.3 Å². The highest BCUT2D eigenvalue weighted by atomic mass is 16.5. The van der Waals surface area contributed by atoms with E-state index >= 15 is 0 Å². The fourth-order valence-corrected chi connectivity index (χ4v) is 11.4. The average Bonchev–Trinajstić information content (AvgIpc) is 4.12. The fraction of sp³-hybridized carbons (Fsp3) is 0.560. The molecule has 2 aromatic rings. The molecule has 2 saturated heterocycles. The summed E-state index contributed by atoms with van der Waals surface area (Å²) in [6.45, 7) is 15.8. The van der Waals surface area contributed by atoms with Crippen LogP contribution in [0.25, 0.3) is 22.3 Å². The molecule has 8 rings (SSSR count). The van der Waals surface area contributed by atoms with E-state index in [1.807, 2.05) is 49.9 Å². The number of nitrogens with zero attached hydrogens (tertiary/aromatic N) is 4. The maximum atomic E-state index is 14.0. The third-order valence-corrected chi connectivity index (χ3v) is 14.5. The zero-order valence-corrected chi connectivity index (χ0v) is 37.9. The lowest BCUT2D eigenvalue weighted by molar-refractivity contribution is -0.135. The number of allylic oxidation sites excluding steroid dienone is 2. The molecule has 4 amide bonds. The number of carbonyl (C=O) groups excluding carboxylic acids is 4. The van der Waals surface area contributed by atoms with Gasteiger partial charge in [0.25, 0.3) is 0 Å². The molecule has 62 heavy (non-hydrogen) atoms. The minimum atomic E-state index is -0.669. The zero-order chi connectivity index (χ0) is 44.1. The van der Waals surface area contributed by atoms with Crippen LogP contribution >= 0.6 is 0 Å². The van der Waals surface area contributed by atoms with Crippen LogP contribution in [-0.2, 0) is 19.1 Å². The van der Waals surface area contributed by atoms with Gasteiger partial charge in [-0.2, -0.15) is 0 Å². The summed E-state index contributed by atoms with van der Waals surface area (Å²) < 4.78 is 9.68. The number of carbonyl (C=O) groups is 4. The topological polar surface area (TPSA) is 142 Å². The second-order valence-corrected chi connectivity index (χ2v) is 19.6. The van der Waals surface area contributed by atoms with Gasteiger partial charge in [0.1, 0.15) is 12.1 Å². The zero-order valence-electron chi connectivity index (χ0n) is 37.9. The van der Waals surface area contributed by atoms with Crippen molar-refractivity contribution in [1.82, 2.24) is 20.4 Å². The number of methoxy groups -OCH3 is 2. The van der Waals surface area contributed by atoms with Crippen LogP contribution in [0.1, 0.15) is 121 Å². The molecule has 0 radical (unpaired) electrons. The monoisotopic (exact) mass is 844 g/mol. The van der Waals surface area contributed by atoms with Crippen molar-refractivity contribution in [2.24, 2.45) is 39.6 Å². The van der Waals surface area contributed by atoms with Crippen molar-refractivity contribution in [3.05, 3.63) is 71.1 Å². The number of nitrogens with one attached hydrogen (secondary N) is 2. The molecule has 9 atom stereocenters. The Kier molecular flexibility index (Phi) is 12.2. The molecular weight excluding hydrogens is 781 g/mol. The van der Waals surface area contributed by atoms with Crippen molar-refractivity contribution in [3.63, 3.8) is 0 Å². The molecule has 3 unspecified atom stereocenters. The van der Waals surface area contributed by atoms with Gasteiger partial charge in [0.15, 0.2) is 0 Å². The first-order valence-electron chi connectivity index (χ1n) is 22.8. The number of amides is 4. The number of hydrogen-bond donors (Lipinski definition) is 2. The minimum absolute atomic E-state index is 0.0798. The van der Waals surface area contributed by atoms with Crippen LogP contribution in [0.5, 0.6) is 0 Å². The smallest absolute Gasteiger partial charge is 0.407 e. The summed E-state index contributed by atoms with van der Waals surface area (Å²) in [6, 6.07) is 12.0. The Morgan fingerprint density at radius 1 is 0.629 bits per heavy atom. The van der Waals surface area contributed by atoms with E-state index in [9.17, 15) is 19.2 Å². The van der Waals surface area contributed by atoms with Gasteiger partial charge in [-0.3, -0.25) is 19.6 Å². The summed E-state index contributed by atoms with van der Waals surface area (Å²) in [7, 11) is 2.63. The van der Waals surface area contributed by atoms with Crippen LogP contribution in [-0.4, -0.2) is 96.7 Å². The molecule has 2 N–H and O–H groups in total. The molecule has 12 nitrogen and oxygen atoms in total. The number of hydrogen-bond acceptors (Lipinski definition) is 8. The van der Waals surface area contributed by atoms with E-state index in [0.29, 0.717) is 55.5 Å². The van der Waals surface area contributed by atoms with E-state index in [1.54, 1.807) is 0 Å². The molecule has 330 valence electrons. The fourth-order valence-electron chi connectivity index (χ4n) is 11.4. The summed E-state index contributed by atoms with van der Waals surface area (Å²) in [5, 5.41) is 5.54. The predicted octanol–water partition coefficient (Wildman–Crippen LogP) is 8.57. The molecule has 0 spiro atoms. The third-order valence-electron chi connectivity index (χ3n) is 14.5. The van der Waals surface area contributed by atoms with Gasteiger partial charge in [-0.15, -0.1) is 0 Å². The molecule has 6 aliphatic rings. The molecule has 0 aromatic heterocycles. The van der Waals surface area contributed by atoms with Gasteiger partial charge in [0, 0.05) is 49.8 Å². The summed E-state index contributed by atoms with van der Waals surface area (Å²) >= 11 is 0. The Morgan fingerprint density at radius 2 is 1.11 bits per heavy atom. The Morgan fingerprint density at radius 3 is 1.63 bits per heavy atom. The second-order valence-electron chi connectivity index (χ2n) is 19.6. The highest BCUT2D eigenvalue weighted by Gasteiger charge is 2.46. The third kappa shape index (κ3) is 8.10. The number of aliphatic imine (C=N–C) groups is 2. The molecule has 3 fully saturated rings. The molecule has 2 aliphatic carbocycles. The van der Waals surface area contributed by atoms with Crippen LogP contribution in [0.15, 0.2) is 58.8 Å². The SMILES string of the molecule is COC(=O)N[C@H](C(=O)N1C[C@@H](C)C[C@H]1C1=NC=C(c2ccc(-c3ccc(C4=CN=C([C@@H]5C[C@H](C)CN5C(=O)[C@H](NC(=O)OC)C(C)C)C4)cc3)c3c2C2CC(C)C3C2)C1)C(C)C. The van der Waals surface area contributed by atoms with Gasteiger partial charge < -0.3 is 29.9 Å². The molecule has 2 bridgehead atoms. The van der Waals surface area contributed by atoms with Crippen LogP contribution in [0.4, 0.5) is 9.59 Å². The standard InChI is InChI=1S/C50H64N6O6/c1-26(2)45(53-49(59)61-8)47(57)55-24-28(5)16-41(55)39-20-34(22-51-39)31-10-12-32(13-11-31)36-14-15-37(43-33-18-30(7)38(19-33)44(36)43)35-21-40(52-23-35)42-17-29(6)25-56(42)48(58)46(27(3)4)54-50(60)62-9/h10-15,22-23,26-30,33,38,41-42,45-46H,16-21,24-25H2,1-9H3,(H,53,59)(H,54,60)/t28-,29-,30?,33?,38?,41-,42-,45+,46-/m0/s1. The Bertz CT molecular complexity index is 2240. The quantitative estimate of drug-likeness (QED) is 0.232. The van der Waals surface area contributed by atoms with E-state index in [0.717, 1.165) is 35.4 Å². The van der Waals surface area contributed by atoms with Gasteiger partial charge in [-0.1, -0.05) is 84.9 Å². The lowest BCUT2D eigenvalue weighted by Crippen LogP contribution is -2.53. The van der Waals surface area contributed by atoms with Crippen molar-refractivity contribution in [1.29, 1.82) is 0 Å². The number of likely N-dealkylation sites (tertiary alicyclic amines) is 2. The Balaban J connectivity index is 0.979. The molecule has 2 aromatic carbocycles. The van der Waals surface area contributed by atoms with Crippen molar-refractivity contribution in [2.45, 2.75) is 123 Å². The van der Waals surface area contributed by atoms with Crippen LogP contribution in [0.3, 0.4) is 0 Å². The maximum absolute atomic E-state index is 14.0. The van der Waals surface area contributed by atoms with Crippen molar-refractivity contribution < 1.29 is 28.7 Å². The van der Waals surface area contributed by atoms with Crippen LogP contribution in [0, 0.1) is 29.6 Å². The van der Waals surface area contributed by atoms with Crippen molar-refractivity contribution in [3.8, 4) is 11.1 Å². The van der Waals surface area contributed by atoms with Gasteiger partial charge in [-0.05, 0) is 112 Å². The van der Waals surface area contributed by atoms with Crippen molar-refractivity contribution in [2.75, 3.05) is 27.3 Å². The lowest BCUT2D eigenvalue weighted by Gasteiger charge is -2.31. The first-order valence-corrected chi connectivity index (χ1v) is 22.8. The van der Waals surface area contributed by atoms with Crippen LogP contribution < -0.4 is 10.6 Å². The van der Waals surface area contributed by atoms with E-state index in [2.05, 4.69) is 67.8 Å². The summed E-state index contributed by atoms with van der Waals surface area (Å²) in [5.74, 6) is 1.94. The van der Waals surface area contributed by atoms with Gasteiger partial charge in [-0.25, -0.2) is 9.59 Å². The summed E-state index contributed by atoms with van der Waals surface area (Å²) in [4.78, 5) is 65.9. The van der Waals surface area contributed by atoms with Gasteiger partial charge in [0.2, 0.25) is 11.8 Å². The van der Waals surface area contributed by atoms with E-state index < -0.39 is 24.3 Å². The number of rotatable bonds is 11. The summed E-state index contributed by atoms with van der Waals surface area (Å²) in [6.07, 6.45) is 8.25. The van der Waals surface area contributed by atoms with E-state index in [1.165, 1.54) is 60.5 Å². The number of benzene rings is 2. The number of fused-ring (bicyclic) bond motifs is 5. The Hall–Kier alpha value is -5.26. The molecule has 12 heteroatoms. The first-order chi connectivity index (χ1) is 29.7. The number of alkyl carbamates (subject to hydrolysis) is 2. The van der Waals surface area contributed by atoms with Crippen LogP contribution in [0.2, 0.25) is 0 Å². The average molecular weight is 845 g/mol. The molecule has 4 aliphatic heterocycles.